The van der Waals surface area contributed by atoms with Crippen molar-refractivity contribution in [1.82, 2.24) is 15.1 Å². The lowest BCUT2D eigenvalue weighted by atomic mass is 10.1. The van der Waals surface area contributed by atoms with E-state index in [2.05, 4.69) is 10.6 Å². The zero-order chi connectivity index (χ0) is 24.7. The standard InChI is InChI=1S/C25H32N4O5/c1-17-6-5-7-20(18(17)2)27-23(30)16-28-10-12-29(13-11-28)24(31)15-26-25(32)19-8-9-21(33-3)22(14-19)34-4/h5-9,14H,10-13,15-16H2,1-4H3,(H,26,32)(H,27,30). The van der Waals surface area contributed by atoms with Crippen molar-refractivity contribution in [3.63, 3.8) is 0 Å². The van der Waals surface area contributed by atoms with E-state index in [1.165, 1.54) is 14.2 Å². The van der Waals surface area contributed by atoms with Crippen molar-refractivity contribution in [3.8, 4) is 11.5 Å². The number of hydrogen-bond acceptors (Lipinski definition) is 6. The lowest BCUT2D eigenvalue weighted by Crippen LogP contribution is -2.52. The molecule has 0 saturated carbocycles. The highest BCUT2D eigenvalue weighted by Crippen LogP contribution is 2.27. The summed E-state index contributed by atoms with van der Waals surface area (Å²) in [6.07, 6.45) is 0. The van der Waals surface area contributed by atoms with Gasteiger partial charge < -0.3 is 25.0 Å². The third kappa shape index (κ3) is 6.26. The summed E-state index contributed by atoms with van der Waals surface area (Å²) >= 11 is 0. The number of benzene rings is 2. The van der Waals surface area contributed by atoms with Crippen molar-refractivity contribution in [2.45, 2.75) is 13.8 Å². The van der Waals surface area contributed by atoms with Gasteiger partial charge in [-0.25, -0.2) is 0 Å². The summed E-state index contributed by atoms with van der Waals surface area (Å²) in [5.74, 6) is 0.370. The number of nitrogens with zero attached hydrogens (tertiary/aromatic N) is 2. The molecule has 0 radical (unpaired) electrons. The number of nitrogens with one attached hydrogen (secondary N) is 2. The third-order valence-corrected chi connectivity index (χ3v) is 6.02. The Bertz CT molecular complexity index is 1050. The van der Waals surface area contributed by atoms with Gasteiger partial charge in [-0.1, -0.05) is 12.1 Å². The highest BCUT2D eigenvalue weighted by Gasteiger charge is 2.23. The fourth-order valence-corrected chi connectivity index (χ4v) is 3.78. The number of aryl methyl sites for hydroxylation is 1. The molecular formula is C25H32N4O5. The summed E-state index contributed by atoms with van der Waals surface area (Å²) in [4.78, 5) is 41.2. The summed E-state index contributed by atoms with van der Waals surface area (Å²) in [5, 5.41) is 5.63. The van der Waals surface area contributed by atoms with Crippen LogP contribution in [0.1, 0.15) is 21.5 Å². The number of anilines is 1. The van der Waals surface area contributed by atoms with E-state index >= 15 is 0 Å². The number of methoxy groups -OCH3 is 2. The molecule has 1 saturated heterocycles. The minimum atomic E-state index is -0.365. The zero-order valence-corrected chi connectivity index (χ0v) is 20.1. The molecule has 1 aliphatic rings. The Morgan fingerprint density at radius 1 is 0.941 bits per heavy atom. The highest BCUT2D eigenvalue weighted by molar-refractivity contribution is 5.97. The van der Waals surface area contributed by atoms with Crippen molar-refractivity contribution in [1.29, 1.82) is 0 Å². The van der Waals surface area contributed by atoms with Gasteiger partial charge >= 0.3 is 0 Å². The van der Waals surface area contributed by atoms with Crippen molar-refractivity contribution in [2.75, 3.05) is 58.8 Å². The number of piperazine rings is 1. The molecule has 0 aromatic heterocycles. The molecule has 34 heavy (non-hydrogen) atoms. The molecule has 0 bridgehead atoms. The first kappa shape index (κ1) is 25.0. The normalized spacial score (nSPS) is 13.8. The molecule has 0 aliphatic carbocycles. The van der Waals surface area contributed by atoms with Gasteiger partial charge in [-0.2, -0.15) is 0 Å². The van der Waals surface area contributed by atoms with Crippen molar-refractivity contribution < 1.29 is 23.9 Å². The Hall–Kier alpha value is -3.59. The van der Waals surface area contributed by atoms with Gasteiger partial charge in [-0.3, -0.25) is 19.3 Å². The Morgan fingerprint density at radius 2 is 1.65 bits per heavy atom. The van der Waals surface area contributed by atoms with Crippen LogP contribution in [0, 0.1) is 13.8 Å². The number of hydrogen-bond donors (Lipinski definition) is 2. The second-order valence-electron chi connectivity index (χ2n) is 8.21. The molecule has 3 amide bonds. The summed E-state index contributed by atoms with van der Waals surface area (Å²) in [5.41, 5.74) is 3.39. The van der Waals surface area contributed by atoms with Crippen LogP contribution < -0.4 is 20.1 Å². The Kier molecular flexibility index (Phi) is 8.48. The second kappa shape index (κ2) is 11.5. The lowest BCUT2D eigenvalue weighted by molar-refractivity contribution is -0.132. The maximum absolute atomic E-state index is 12.6. The molecule has 9 heteroatoms. The van der Waals surface area contributed by atoms with E-state index in [4.69, 9.17) is 9.47 Å². The summed E-state index contributed by atoms with van der Waals surface area (Å²) in [6, 6.07) is 10.7. The van der Waals surface area contributed by atoms with Gasteiger partial charge in [-0.15, -0.1) is 0 Å². The first-order valence-corrected chi connectivity index (χ1v) is 11.2. The topological polar surface area (TPSA) is 100 Å². The molecule has 0 spiro atoms. The van der Waals surface area contributed by atoms with Crippen molar-refractivity contribution in [2.24, 2.45) is 0 Å². The van der Waals surface area contributed by atoms with Crippen LogP contribution in [0.4, 0.5) is 5.69 Å². The molecule has 1 heterocycles. The molecule has 2 aromatic rings. The second-order valence-corrected chi connectivity index (χ2v) is 8.21. The van der Waals surface area contributed by atoms with Crippen LogP contribution >= 0.6 is 0 Å². The van der Waals surface area contributed by atoms with Crippen LogP contribution in [0.25, 0.3) is 0 Å². The zero-order valence-electron chi connectivity index (χ0n) is 20.1. The number of carbonyl (C=O) groups excluding carboxylic acids is 3. The molecule has 9 nitrogen and oxygen atoms in total. The predicted octanol–water partition coefficient (Wildman–Crippen LogP) is 1.83. The van der Waals surface area contributed by atoms with E-state index in [9.17, 15) is 14.4 Å². The van der Waals surface area contributed by atoms with Gasteiger partial charge in [0, 0.05) is 37.4 Å². The molecule has 3 rings (SSSR count). The number of rotatable bonds is 8. The molecule has 2 N–H and O–H groups in total. The van der Waals surface area contributed by atoms with E-state index in [-0.39, 0.29) is 30.8 Å². The average molecular weight is 469 g/mol. The Balaban J connectivity index is 1.43. The van der Waals surface area contributed by atoms with Crippen LogP contribution in [0.15, 0.2) is 36.4 Å². The smallest absolute Gasteiger partial charge is 0.251 e. The molecule has 1 fully saturated rings. The van der Waals surface area contributed by atoms with Gasteiger partial charge in [0.05, 0.1) is 27.3 Å². The predicted molar refractivity (Wildman–Crippen MR) is 129 cm³/mol. The molecule has 1 aliphatic heterocycles. The van der Waals surface area contributed by atoms with Gasteiger partial charge in [0.15, 0.2) is 11.5 Å². The third-order valence-electron chi connectivity index (χ3n) is 6.02. The SMILES string of the molecule is COc1ccc(C(=O)NCC(=O)N2CCN(CC(=O)Nc3cccc(C)c3C)CC2)cc1OC. The van der Waals surface area contributed by atoms with Gasteiger partial charge in [0.2, 0.25) is 11.8 Å². The van der Waals surface area contributed by atoms with Crippen LogP contribution in [0.5, 0.6) is 11.5 Å². The van der Waals surface area contributed by atoms with E-state index in [1.807, 2.05) is 36.9 Å². The van der Waals surface area contributed by atoms with E-state index in [1.54, 1.807) is 23.1 Å². The van der Waals surface area contributed by atoms with Gasteiger partial charge in [-0.05, 0) is 49.2 Å². The van der Waals surface area contributed by atoms with Gasteiger partial charge in [0.25, 0.3) is 5.91 Å². The van der Waals surface area contributed by atoms with Crippen molar-refractivity contribution >= 4 is 23.4 Å². The van der Waals surface area contributed by atoms with Crippen LogP contribution in [-0.2, 0) is 9.59 Å². The number of amides is 3. The maximum atomic E-state index is 12.6. The van der Waals surface area contributed by atoms with E-state index < -0.39 is 0 Å². The quantitative estimate of drug-likeness (QED) is 0.613. The van der Waals surface area contributed by atoms with Gasteiger partial charge in [0.1, 0.15) is 0 Å². The summed E-state index contributed by atoms with van der Waals surface area (Å²) in [6.45, 7) is 6.36. The van der Waals surface area contributed by atoms with E-state index in [0.717, 1.165) is 16.8 Å². The first-order valence-electron chi connectivity index (χ1n) is 11.2. The summed E-state index contributed by atoms with van der Waals surface area (Å²) < 4.78 is 10.4. The average Bonchev–Trinajstić information content (AvgIpc) is 2.85. The molecule has 0 unspecified atom stereocenters. The molecule has 0 atom stereocenters. The largest absolute Gasteiger partial charge is 0.493 e. The highest BCUT2D eigenvalue weighted by atomic mass is 16.5. The van der Waals surface area contributed by atoms with E-state index in [0.29, 0.717) is 43.2 Å². The molecule has 2 aromatic carbocycles. The van der Waals surface area contributed by atoms with Crippen LogP contribution in [0.3, 0.4) is 0 Å². The first-order chi connectivity index (χ1) is 16.3. The fraction of sp³-hybridized carbons (Fsp3) is 0.400. The lowest BCUT2D eigenvalue weighted by Gasteiger charge is -2.34. The Morgan fingerprint density at radius 3 is 2.32 bits per heavy atom. The molecule has 182 valence electrons. The van der Waals surface area contributed by atoms with Crippen LogP contribution in [-0.4, -0.2) is 81.0 Å². The monoisotopic (exact) mass is 468 g/mol. The Labute approximate surface area is 200 Å². The number of ether oxygens (including phenoxy) is 2. The maximum Gasteiger partial charge on any atom is 0.251 e. The van der Waals surface area contributed by atoms with Crippen molar-refractivity contribution in [3.05, 3.63) is 53.1 Å². The minimum Gasteiger partial charge on any atom is -0.493 e. The minimum absolute atomic E-state index is 0.0735. The summed E-state index contributed by atoms with van der Waals surface area (Å²) in [7, 11) is 3.02. The molecular weight excluding hydrogens is 436 g/mol. The fourth-order valence-electron chi connectivity index (χ4n) is 3.78. The van der Waals surface area contributed by atoms with Crippen LogP contribution in [0.2, 0.25) is 0 Å². The number of carbonyl (C=O) groups is 3.